The van der Waals surface area contributed by atoms with Gasteiger partial charge < -0.3 is 5.73 Å². The highest BCUT2D eigenvalue weighted by molar-refractivity contribution is 9.10. The van der Waals surface area contributed by atoms with E-state index in [-0.39, 0.29) is 0 Å². The Bertz CT molecular complexity index is 461. The minimum atomic E-state index is 0.365. The Balaban J connectivity index is 2.44. The Hall–Kier alpha value is -1.20. The summed E-state index contributed by atoms with van der Waals surface area (Å²) in [6.45, 7) is 0.365. The van der Waals surface area contributed by atoms with Crippen molar-refractivity contribution in [3.05, 3.63) is 34.6 Å². The molecule has 2 aromatic rings. The van der Waals surface area contributed by atoms with Gasteiger partial charge in [0.2, 0.25) is 0 Å². The van der Waals surface area contributed by atoms with Crippen molar-refractivity contribution in [1.82, 2.24) is 14.8 Å². The summed E-state index contributed by atoms with van der Waals surface area (Å²) in [6.07, 6.45) is 0. The highest BCUT2D eigenvalue weighted by Gasteiger charge is 2.07. The molecule has 4 nitrogen and oxygen atoms in total. The van der Waals surface area contributed by atoms with Gasteiger partial charge >= 0.3 is 0 Å². The first kappa shape index (κ1) is 10.3. The number of aromatic nitrogens is 3. The number of hydrogen-bond acceptors (Lipinski definition) is 3. The van der Waals surface area contributed by atoms with E-state index in [2.05, 4.69) is 26.0 Å². The largest absolute Gasteiger partial charge is 0.324 e. The second-order valence-electron chi connectivity index (χ2n) is 3.19. The summed E-state index contributed by atoms with van der Waals surface area (Å²) in [5.41, 5.74) is 6.52. The van der Waals surface area contributed by atoms with Gasteiger partial charge in [-0.3, -0.25) is 0 Å². The van der Waals surface area contributed by atoms with Gasteiger partial charge in [0.1, 0.15) is 0 Å². The van der Waals surface area contributed by atoms with E-state index in [1.807, 2.05) is 31.3 Å². The van der Waals surface area contributed by atoms with Crippen molar-refractivity contribution in [3.63, 3.8) is 0 Å². The van der Waals surface area contributed by atoms with Crippen LogP contribution in [0.4, 0.5) is 0 Å². The van der Waals surface area contributed by atoms with Crippen LogP contribution in [0.15, 0.2) is 28.7 Å². The zero-order chi connectivity index (χ0) is 10.8. The summed E-state index contributed by atoms with van der Waals surface area (Å²) >= 11 is 3.39. The number of hydrogen-bond donors (Lipinski definition) is 1. The topological polar surface area (TPSA) is 56.7 Å². The van der Waals surface area contributed by atoms with Crippen LogP contribution >= 0.6 is 15.9 Å². The van der Waals surface area contributed by atoms with Crippen molar-refractivity contribution < 1.29 is 0 Å². The molecule has 0 aliphatic carbocycles. The highest BCUT2D eigenvalue weighted by Crippen LogP contribution is 2.19. The SMILES string of the molecule is Cn1nc(CN)nc1-c1ccc(Br)cc1. The molecule has 78 valence electrons. The van der Waals surface area contributed by atoms with Crippen LogP contribution in [-0.2, 0) is 13.6 Å². The van der Waals surface area contributed by atoms with Gasteiger partial charge in [-0.05, 0) is 12.1 Å². The summed E-state index contributed by atoms with van der Waals surface area (Å²) in [4.78, 5) is 4.34. The number of halogens is 1. The molecule has 5 heteroatoms. The molecule has 0 unspecified atom stereocenters. The molecule has 0 bridgehead atoms. The average Bonchev–Trinajstić information content (AvgIpc) is 2.61. The first-order valence-electron chi connectivity index (χ1n) is 4.56. The quantitative estimate of drug-likeness (QED) is 0.901. The Morgan fingerprint density at radius 2 is 2.00 bits per heavy atom. The van der Waals surface area contributed by atoms with Gasteiger partial charge in [0.15, 0.2) is 11.6 Å². The van der Waals surface area contributed by atoms with Gasteiger partial charge in [0.05, 0.1) is 6.54 Å². The van der Waals surface area contributed by atoms with E-state index < -0.39 is 0 Å². The van der Waals surface area contributed by atoms with Gasteiger partial charge in [-0.1, -0.05) is 28.1 Å². The van der Waals surface area contributed by atoms with Crippen molar-refractivity contribution in [2.75, 3.05) is 0 Å². The van der Waals surface area contributed by atoms with Crippen LogP contribution in [0.25, 0.3) is 11.4 Å². The fourth-order valence-electron chi connectivity index (χ4n) is 1.37. The molecule has 0 radical (unpaired) electrons. The molecule has 0 spiro atoms. The van der Waals surface area contributed by atoms with Crippen LogP contribution in [0.3, 0.4) is 0 Å². The minimum absolute atomic E-state index is 0.365. The molecule has 1 aromatic heterocycles. The predicted molar refractivity (Wildman–Crippen MR) is 62.0 cm³/mol. The number of nitrogens with zero attached hydrogens (tertiary/aromatic N) is 3. The van der Waals surface area contributed by atoms with Crippen molar-refractivity contribution in [3.8, 4) is 11.4 Å². The Kier molecular flexibility index (Phi) is 2.83. The Morgan fingerprint density at radius 1 is 1.33 bits per heavy atom. The third kappa shape index (κ3) is 2.08. The van der Waals surface area contributed by atoms with Crippen molar-refractivity contribution in [1.29, 1.82) is 0 Å². The van der Waals surface area contributed by atoms with Gasteiger partial charge in [-0.15, -0.1) is 0 Å². The highest BCUT2D eigenvalue weighted by atomic mass is 79.9. The van der Waals surface area contributed by atoms with E-state index in [1.165, 1.54) is 0 Å². The molecule has 1 aromatic carbocycles. The minimum Gasteiger partial charge on any atom is -0.324 e. The monoisotopic (exact) mass is 266 g/mol. The number of aryl methyl sites for hydroxylation is 1. The molecule has 2 N–H and O–H groups in total. The lowest BCUT2D eigenvalue weighted by molar-refractivity contribution is 0.749. The summed E-state index contributed by atoms with van der Waals surface area (Å²) < 4.78 is 2.79. The van der Waals surface area contributed by atoms with Crippen LogP contribution in [0.5, 0.6) is 0 Å². The third-order valence-electron chi connectivity index (χ3n) is 2.09. The normalized spacial score (nSPS) is 10.6. The summed E-state index contributed by atoms with van der Waals surface area (Å²) in [5.74, 6) is 1.50. The lowest BCUT2D eigenvalue weighted by Gasteiger charge is -1.99. The molecule has 0 aliphatic heterocycles. The van der Waals surface area contributed by atoms with Crippen molar-refractivity contribution in [2.24, 2.45) is 12.8 Å². The van der Waals surface area contributed by atoms with E-state index in [0.717, 1.165) is 15.9 Å². The Morgan fingerprint density at radius 3 is 2.53 bits per heavy atom. The molecular formula is C10H11BrN4. The molecule has 15 heavy (non-hydrogen) atoms. The predicted octanol–water partition coefficient (Wildman–Crippen LogP) is 1.70. The van der Waals surface area contributed by atoms with Gasteiger partial charge in [0, 0.05) is 17.1 Å². The van der Waals surface area contributed by atoms with E-state index in [1.54, 1.807) is 4.68 Å². The first-order valence-corrected chi connectivity index (χ1v) is 5.36. The van der Waals surface area contributed by atoms with E-state index >= 15 is 0 Å². The molecule has 0 saturated heterocycles. The summed E-state index contributed by atoms with van der Waals surface area (Å²) in [5, 5.41) is 4.20. The molecule has 0 aliphatic rings. The van der Waals surface area contributed by atoms with E-state index in [0.29, 0.717) is 12.4 Å². The Labute approximate surface area is 96.3 Å². The van der Waals surface area contributed by atoms with Crippen molar-refractivity contribution >= 4 is 15.9 Å². The number of benzene rings is 1. The number of rotatable bonds is 2. The average molecular weight is 267 g/mol. The molecule has 0 atom stereocenters. The van der Waals surface area contributed by atoms with E-state index in [4.69, 9.17) is 5.73 Å². The van der Waals surface area contributed by atoms with Gasteiger partial charge in [-0.2, -0.15) is 5.10 Å². The fourth-order valence-corrected chi connectivity index (χ4v) is 1.64. The maximum absolute atomic E-state index is 5.49. The lowest BCUT2D eigenvalue weighted by Crippen LogP contribution is -1.99. The second-order valence-corrected chi connectivity index (χ2v) is 4.10. The van der Waals surface area contributed by atoms with Gasteiger partial charge in [0.25, 0.3) is 0 Å². The van der Waals surface area contributed by atoms with Crippen LogP contribution in [0, 0.1) is 0 Å². The fraction of sp³-hybridized carbons (Fsp3) is 0.200. The van der Waals surface area contributed by atoms with Crippen LogP contribution in [0.2, 0.25) is 0 Å². The molecule has 2 rings (SSSR count). The molecule has 0 saturated carbocycles. The smallest absolute Gasteiger partial charge is 0.164 e. The van der Waals surface area contributed by atoms with Crippen LogP contribution in [-0.4, -0.2) is 14.8 Å². The standard InChI is InChI=1S/C10H11BrN4/c1-15-10(13-9(6-12)14-15)7-2-4-8(11)5-3-7/h2-5H,6,12H2,1H3. The van der Waals surface area contributed by atoms with Crippen LogP contribution in [0.1, 0.15) is 5.82 Å². The molecule has 0 fully saturated rings. The maximum atomic E-state index is 5.49. The van der Waals surface area contributed by atoms with Gasteiger partial charge in [-0.25, -0.2) is 9.67 Å². The van der Waals surface area contributed by atoms with Crippen molar-refractivity contribution in [2.45, 2.75) is 6.54 Å². The molecular weight excluding hydrogens is 256 g/mol. The number of nitrogens with two attached hydrogens (primary N) is 1. The second kappa shape index (κ2) is 4.12. The van der Waals surface area contributed by atoms with E-state index in [9.17, 15) is 0 Å². The third-order valence-corrected chi connectivity index (χ3v) is 2.62. The molecule has 1 heterocycles. The molecule has 0 amide bonds. The zero-order valence-corrected chi connectivity index (χ0v) is 9.90. The zero-order valence-electron chi connectivity index (χ0n) is 8.31. The first-order chi connectivity index (χ1) is 7.20. The van der Waals surface area contributed by atoms with Crippen LogP contribution < -0.4 is 5.73 Å². The summed E-state index contributed by atoms with van der Waals surface area (Å²) in [7, 11) is 1.86. The summed E-state index contributed by atoms with van der Waals surface area (Å²) in [6, 6.07) is 7.95. The lowest BCUT2D eigenvalue weighted by atomic mass is 10.2. The maximum Gasteiger partial charge on any atom is 0.164 e.